The molecule has 1 aliphatic carbocycles. The van der Waals surface area contributed by atoms with Crippen LogP contribution in [0, 0.1) is 0 Å². The molecule has 1 fully saturated rings. The van der Waals surface area contributed by atoms with Crippen LogP contribution in [0.2, 0.25) is 10.0 Å². The molecule has 0 spiro atoms. The number of nitrogens with zero attached hydrogens (tertiary/aromatic N) is 2. The predicted molar refractivity (Wildman–Crippen MR) is 190 cm³/mol. The lowest BCUT2D eigenvalue weighted by atomic mass is 9.91. The maximum atomic E-state index is 13.9. The maximum Gasteiger partial charge on any atom is 0.348 e. The molecule has 1 aliphatic heterocycles. The normalized spacial score (nSPS) is 18.5. The Labute approximate surface area is 300 Å². The van der Waals surface area contributed by atoms with E-state index in [4.69, 9.17) is 42.1 Å². The van der Waals surface area contributed by atoms with E-state index >= 15 is 0 Å². The molecular weight excluding hydrogens is 685 g/mol. The van der Waals surface area contributed by atoms with Gasteiger partial charge in [-0.15, -0.1) is 11.3 Å². The molecule has 4 aromatic rings. The highest BCUT2D eigenvalue weighted by Gasteiger charge is 2.47. The Hall–Kier alpha value is -3.67. The first-order valence-corrected chi connectivity index (χ1v) is 17.8. The Morgan fingerprint density at radius 1 is 1.02 bits per heavy atom. The summed E-state index contributed by atoms with van der Waals surface area (Å²) in [5.41, 5.74) is 2.41. The third-order valence-corrected chi connectivity index (χ3v) is 11.0. The van der Waals surface area contributed by atoms with Gasteiger partial charge in [0, 0.05) is 43.3 Å². The minimum atomic E-state index is -0.966. The molecule has 0 bridgehead atoms. The van der Waals surface area contributed by atoms with Crippen LogP contribution in [0.3, 0.4) is 0 Å². The van der Waals surface area contributed by atoms with Crippen LogP contribution in [0.5, 0.6) is 11.5 Å². The Bertz CT molecular complexity index is 1790. The summed E-state index contributed by atoms with van der Waals surface area (Å²) in [6.45, 7) is 2.17. The molecule has 6 rings (SSSR count). The minimum Gasteiger partial charge on any atom is -0.493 e. The fourth-order valence-corrected chi connectivity index (χ4v) is 7.89. The number of hydrogen-bond acceptors (Lipinski definition) is 10. The van der Waals surface area contributed by atoms with Crippen molar-refractivity contribution in [3.8, 4) is 11.5 Å². The van der Waals surface area contributed by atoms with E-state index in [1.165, 1.54) is 23.7 Å². The number of pyridine rings is 1. The first-order valence-electron chi connectivity index (χ1n) is 16.2. The van der Waals surface area contributed by atoms with Gasteiger partial charge in [-0.3, -0.25) is 10.3 Å². The van der Waals surface area contributed by atoms with Gasteiger partial charge in [0.15, 0.2) is 11.5 Å². The summed E-state index contributed by atoms with van der Waals surface area (Å²) in [6.07, 6.45) is 5.39. The molecule has 0 radical (unpaired) electrons. The number of fused-ring (bicyclic) bond motifs is 1. The fraction of sp³-hybridized carbons (Fsp3) is 0.378. The summed E-state index contributed by atoms with van der Waals surface area (Å²) in [7, 11) is 5.19. The number of likely N-dealkylation sites (tertiary alicyclic amines) is 1. The molecule has 1 unspecified atom stereocenters. The molecule has 0 amide bonds. The van der Waals surface area contributed by atoms with Gasteiger partial charge in [0.25, 0.3) is 0 Å². The largest absolute Gasteiger partial charge is 0.493 e. The summed E-state index contributed by atoms with van der Waals surface area (Å²) >= 11 is 14.2. The SMILES string of the molecule is COc1ccc([C@H](Cc2c(Cl)cncc2Cl)OC(=O)c2ccc(CNC3(C(=O)OC4CCN(C)CC4)CCc4ccccc43)s2)cc1OC. The van der Waals surface area contributed by atoms with Crippen molar-refractivity contribution in [1.29, 1.82) is 0 Å². The second-order valence-corrected chi connectivity index (χ2v) is 14.4. The number of nitrogens with one attached hydrogen (secondary N) is 1. The Morgan fingerprint density at radius 3 is 2.49 bits per heavy atom. The molecule has 1 N–H and O–H groups in total. The number of benzene rings is 2. The minimum absolute atomic E-state index is 0.103. The maximum absolute atomic E-state index is 13.9. The molecule has 2 atom stereocenters. The molecule has 2 aromatic heterocycles. The molecule has 0 saturated carbocycles. The third-order valence-electron chi connectivity index (χ3n) is 9.33. The number of thiophene rings is 1. The van der Waals surface area contributed by atoms with E-state index in [0.717, 1.165) is 48.4 Å². The summed E-state index contributed by atoms with van der Waals surface area (Å²) in [5, 5.41) is 4.31. The van der Waals surface area contributed by atoms with Crippen molar-refractivity contribution in [1.82, 2.24) is 15.2 Å². The lowest BCUT2D eigenvalue weighted by Crippen LogP contribution is -2.50. The van der Waals surface area contributed by atoms with Crippen LogP contribution >= 0.6 is 34.5 Å². The zero-order valence-corrected chi connectivity index (χ0v) is 30.0. The average Bonchev–Trinajstić information content (AvgIpc) is 3.75. The Kier molecular flexibility index (Phi) is 11.1. The first kappa shape index (κ1) is 35.2. The number of piperidine rings is 1. The number of esters is 2. The van der Waals surface area contributed by atoms with Gasteiger partial charge in [-0.2, -0.15) is 0 Å². The van der Waals surface area contributed by atoms with Crippen molar-refractivity contribution in [3.63, 3.8) is 0 Å². The van der Waals surface area contributed by atoms with Gasteiger partial charge in [-0.1, -0.05) is 53.5 Å². The quantitative estimate of drug-likeness (QED) is 0.153. The van der Waals surface area contributed by atoms with Gasteiger partial charge < -0.3 is 23.8 Å². The topological polar surface area (TPSA) is 99.2 Å². The molecule has 3 heterocycles. The second kappa shape index (κ2) is 15.5. The Balaban J connectivity index is 1.20. The molecule has 258 valence electrons. The molecule has 49 heavy (non-hydrogen) atoms. The molecule has 12 heteroatoms. The molecule has 2 aliphatic rings. The van der Waals surface area contributed by atoms with E-state index < -0.39 is 17.6 Å². The first-order chi connectivity index (χ1) is 23.7. The van der Waals surface area contributed by atoms with Gasteiger partial charge in [-0.25, -0.2) is 9.59 Å². The summed E-state index contributed by atoms with van der Waals surface area (Å²) in [5.74, 6) is 0.299. The van der Waals surface area contributed by atoms with Crippen LogP contribution < -0.4 is 14.8 Å². The van der Waals surface area contributed by atoms with E-state index in [1.54, 1.807) is 32.4 Å². The molecular formula is C37H39Cl2N3O6S. The van der Waals surface area contributed by atoms with E-state index in [2.05, 4.69) is 28.3 Å². The standard InChI is InChI=1S/C37H39Cl2N3O6S/c1-42-16-13-25(14-17-42)47-36(44)37(15-12-23-6-4-5-7-28(23)37)41-20-26-9-11-34(49-26)35(43)48-32(19-27-29(38)21-40-22-30(27)39)24-8-10-31(45-2)33(18-24)46-3/h4-11,18,21-22,25,32,41H,12-17,19-20H2,1-3H3/t32-,37?/m0/s1. The van der Waals surface area contributed by atoms with Gasteiger partial charge in [-0.05, 0) is 79.3 Å². The van der Waals surface area contributed by atoms with Crippen molar-refractivity contribution in [2.45, 2.75) is 56.4 Å². The number of aromatic nitrogens is 1. The lowest BCUT2D eigenvalue weighted by molar-refractivity contribution is -0.160. The number of methoxy groups -OCH3 is 2. The predicted octanol–water partition coefficient (Wildman–Crippen LogP) is 7.18. The molecule has 2 aromatic carbocycles. The van der Waals surface area contributed by atoms with E-state index in [1.807, 2.05) is 30.3 Å². The zero-order valence-electron chi connectivity index (χ0n) is 27.7. The van der Waals surface area contributed by atoms with Crippen molar-refractivity contribution in [2.75, 3.05) is 34.4 Å². The lowest BCUT2D eigenvalue weighted by Gasteiger charge is -2.34. The number of carbonyl (C=O) groups excluding carboxylic acids is 2. The summed E-state index contributed by atoms with van der Waals surface area (Å²) in [6, 6.07) is 17.0. The van der Waals surface area contributed by atoms with Crippen LogP contribution in [-0.4, -0.2) is 62.3 Å². The second-order valence-electron chi connectivity index (χ2n) is 12.4. The number of ether oxygens (including phenoxy) is 4. The van der Waals surface area contributed by atoms with Gasteiger partial charge in [0.2, 0.25) is 0 Å². The van der Waals surface area contributed by atoms with E-state index in [9.17, 15) is 9.59 Å². The van der Waals surface area contributed by atoms with Crippen molar-refractivity contribution < 1.29 is 28.5 Å². The third kappa shape index (κ3) is 7.74. The molecule has 9 nitrogen and oxygen atoms in total. The fourth-order valence-electron chi connectivity index (χ4n) is 6.54. The average molecular weight is 725 g/mol. The van der Waals surface area contributed by atoms with Gasteiger partial charge in [0.05, 0.1) is 24.3 Å². The van der Waals surface area contributed by atoms with E-state index in [0.29, 0.717) is 50.5 Å². The highest BCUT2D eigenvalue weighted by molar-refractivity contribution is 7.13. The number of hydrogen-bond donors (Lipinski definition) is 1. The summed E-state index contributed by atoms with van der Waals surface area (Å²) < 4.78 is 23.2. The smallest absolute Gasteiger partial charge is 0.348 e. The number of carbonyl (C=O) groups is 2. The van der Waals surface area contributed by atoms with Crippen molar-refractivity contribution in [3.05, 3.63) is 109 Å². The zero-order chi connectivity index (χ0) is 34.5. The summed E-state index contributed by atoms with van der Waals surface area (Å²) in [4.78, 5) is 35.2. The van der Waals surface area contributed by atoms with Crippen molar-refractivity contribution >= 4 is 46.5 Å². The van der Waals surface area contributed by atoms with Gasteiger partial charge in [0.1, 0.15) is 22.6 Å². The highest BCUT2D eigenvalue weighted by atomic mass is 35.5. The van der Waals surface area contributed by atoms with Gasteiger partial charge >= 0.3 is 11.9 Å². The number of aryl methyl sites for hydroxylation is 1. The van der Waals surface area contributed by atoms with Crippen molar-refractivity contribution in [2.24, 2.45) is 0 Å². The van der Waals surface area contributed by atoms with Crippen LogP contribution in [0.4, 0.5) is 0 Å². The van der Waals surface area contributed by atoms with Crippen LogP contribution in [0.1, 0.15) is 62.2 Å². The number of rotatable bonds is 12. The van der Waals surface area contributed by atoms with Crippen LogP contribution in [0.25, 0.3) is 0 Å². The molecule has 1 saturated heterocycles. The van der Waals surface area contributed by atoms with Crippen LogP contribution in [0.15, 0.2) is 67.0 Å². The van der Waals surface area contributed by atoms with Crippen LogP contribution in [-0.2, 0) is 39.2 Å². The Morgan fingerprint density at radius 2 is 1.76 bits per heavy atom. The highest BCUT2D eigenvalue weighted by Crippen LogP contribution is 2.40. The number of halogens is 2. The monoisotopic (exact) mass is 723 g/mol. The van der Waals surface area contributed by atoms with E-state index in [-0.39, 0.29) is 18.5 Å².